The summed E-state index contributed by atoms with van der Waals surface area (Å²) >= 11 is 0. The number of nitrogens with zero attached hydrogens (tertiary/aromatic N) is 1. The van der Waals surface area contributed by atoms with Gasteiger partial charge in [-0.1, -0.05) is 6.92 Å². The Hall–Kier alpha value is -1.20. The molecule has 0 bridgehead atoms. The Labute approximate surface area is 112 Å². The van der Waals surface area contributed by atoms with Gasteiger partial charge in [-0.25, -0.2) is 8.78 Å². The molecule has 0 aliphatic carbocycles. The SMILES string of the molecule is CCN1CCC(NCc2cc(F)c(O)c(F)c2)CC1. The van der Waals surface area contributed by atoms with Crippen LogP contribution in [0.5, 0.6) is 5.75 Å². The van der Waals surface area contributed by atoms with E-state index in [1.165, 1.54) is 12.1 Å². The molecule has 106 valence electrons. The molecule has 0 unspecified atom stereocenters. The third kappa shape index (κ3) is 3.64. The molecule has 0 aromatic heterocycles. The Morgan fingerprint density at radius 1 is 1.26 bits per heavy atom. The van der Waals surface area contributed by atoms with Crippen molar-refractivity contribution in [3.05, 3.63) is 29.3 Å². The van der Waals surface area contributed by atoms with Gasteiger partial charge in [-0.2, -0.15) is 0 Å². The van der Waals surface area contributed by atoms with Gasteiger partial charge in [0, 0.05) is 12.6 Å². The molecule has 1 aromatic rings. The molecule has 0 atom stereocenters. The Morgan fingerprint density at radius 3 is 2.37 bits per heavy atom. The molecule has 1 aromatic carbocycles. The van der Waals surface area contributed by atoms with Crippen molar-refractivity contribution >= 4 is 0 Å². The van der Waals surface area contributed by atoms with E-state index in [2.05, 4.69) is 17.1 Å². The smallest absolute Gasteiger partial charge is 0.187 e. The van der Waals surface area contributed by atoms with Crippen LogP contribution in [0.25, 0.3) is 0 Å². The summed E-state index contributed by atoms with van der Waals surface area (Å²) in [6.45, 7) is 5.76. The lowest BCUT2D eigenvalue weighted by Gasteiger charge is -2.31. The second-order valence-electron chi connectivity index (χ2n) is 5.00. The molecule has 0 radical (unpaired) electrons. The molecule has 1 aliphatic heterocycles. The molecule has 19 heavy (non-hydrogen) atoms. The Kier molecular flexibility index (Phi) is 4.71. The average Bonchev–Trinajstić information content (AvgIpc) is 2.43. The predicted molar refractivity (Wildman–Crippen MR) is 70.0 cm³/mol. The third-order valence-corrected chi connectivity index (χ3v) is 3.71. The van der Waals surface area contributed by atoms with Crippen molar-refractivity contribution in [3.63, 3.8) is 0 Å². The fraction of sp³-hybridized carbons (Fsp3) is 0.571. The molecule has 0 amide bonds. The summed E-state index contributed by atoms with van der Waals surface area (Å²) < 4.78 is 26.4. The van der Waals surface area contributed by atoms with Gasteiger partial charge < -0.3 is 15.3 Å². The highest BCUT2D eigenvalue weighted by Crippen LogP contribution is 2.21. The van der Waals surface area contributed by atoms with Crippen molar-refractivity contribution in [2.24, 2.45) is 0 Å². The molecule has 1 aliphatic rings. The maximum atomic E-state index is 13.2. The van der Waals surface area contributed by atoms with Crippen LogP contribution in [0.1, 0.15) is 25.3 Å². The second-order valence-corrected chi connectivity index (χ2v) is 5.00. The molecule has 5 heteroatoms. The van der Waals surface area contributed by atoms with Crippen LogP contribution in [0.2, 0.25) is 0 Å². The number of nitrogens with one attached hydrogen (secondary N) is 1. The Bertz CT molecular complexity index is 408. The van der Waals surface area contributed by atoms with Crippen LogP contribution in [0.15, 0.2) is 12.1 Å². The molecule has 1 heterocycles. The van der Waals surface area contributed by atoms with Gasteiger partial charge in [0.1, 0.15) is 0 Å². The highest BCUT2D eigenvalue weighted by molar-refractivity contribution is 5.29. The summed E-state index contributed by atoms with van der Waals surface area (Å²) in [4.78, 5) is 2.39. The Balaban J connectivity index is 1.86. The lowest BCUT2D eigenvalue weighted by molar-refractivity contribution is 0.206. The van der Waals surface area contributed by atoms with Crippen molar-refractivity contribution in [2.45, 2.75) is 32.4 Å². The van der Waals surface area contributed by atoms with Gasteiger partial charge in [0.05, 0.1) is 0 Å². The monoisotopic (exact) mass is 270 g/mol. The number of benzene rings is 1. The van der Waals surface area contributed by atoms with E-state index in [0.717, 1.165) is 32.5 Å². The zero-order chi connectivity index (χ0) is 13.8. The van der Waals surface area contributed by atoms with E-state index in [0.29, 0.717) is 18.2 Å². The van der Waals surface area contributed by atoms with E-state index in [-0.39, 0.29) is 0 Å². The Morgan fingerprint density at radius 2 is 1.84 bits per heavy atom. The highest BCUT2D eigenvalue weighted by Gasteiger charge is 2.17. The van der Waals surface area contributed by atoms with Crippen LogP contribution < -0.4 is 5.32 Å². The van der Waals surface area contributed by atoms with Crippen LogP contribution in [0, 0.1) is 11.6 Å². The van der Waals surface area contributed by atoms with Gasteiger partial charge >= 0.3 is 0 Å². The molecule has 0 spiro atoms. The molecule has 0 saturated carbocycles. The standard InChI is InChI=1S/C14H20F2N2O/c1-2-18-5-3-11(4-6-18)17-9-10-7-12(15)14(19)13(16)8-10/h7-8,11,17,19H,2-6,9H2,1H3. The number of hydrogen-bond donors (Lipinski definition) is 2. The number of phenolic OH excluding ortho intramolecular Hbond substituents is 1. The number of rotatable bonds is 4. The number of likely N-dealkylation sites (tertiary alicyclic amines) is 1. The van der Waals surface area contributed by atoms with E-state index in [1.54, 1.807) is 0 Å². The van der Waals surface area contributed by atoms with Gasteiger partial charge in [-0.05, 0) is 50.2 Å². The number of halogens is 2. The summed E-state index contributed by atoms with van der Waals surface area (Å²) in [5.74, 6) is -2.71. The van der Waals surface area contributed by atoms with Crippen LogP contribution in [-0.2, 0) is 6.54 Å². The van der Waals surface area contributed by atoms with E-state index in [4.69, 9.17) is 5.11 Å². The normalized spacial score (nSPS) is 17.8. The summed E-state index contributed by atoms with van der Waals surface area (Å²) in [5.41, 5.74) is 0.519. The fourth-order valence-corrected chi connectivity index (χ4v) is 2.44. The fourth-order valence-electron chi connectivity index (χ4n) is 2.44. The van der Waals surface area contributed by atoms with Gasteiger partial charge in [-0.3, -0.25) is 0 Å². The van der Waals surface area contributed by atoms with Crippen molar-refractivity contribution in [1.29, 1.82) is 0 Å². The first kappa shape index (κ1) is 14.2. The van der Waals surface area contributed by atoms with Gasteiger partial charge in [0.2, 0.25) is 0 Å². The van der Waals surface area contributed by atoms with Crippen LogP contribution in [0.4, 0.5) is 8.78 Å². The van der Waals surface area contributed by atoms with Crippen LogP contribution in [-0.4, -0.2) is 35.7 Å². The van der Waals surface area contributed by atoms with Crippen molar-refractivity contribution in [1.82, 2.24) is 10.2 Å². The van der Waals surface area contributed by atoms with E-state index in [9.17, 15) is 8.78 Å². The van der Waals surface area contributed by atoms with Crippen molar-refractivity contribution < 1.29 is 13.9 Å². The first-order chi connectivity index (χ1) is 9.10. The van der Waals surface area contributed by atoms with Crippen molar-refractivity contribution in [2.75, 3.05) is 19.6 Å². The number of hydrogen-bond acceptors (Lipinski definition) is 3. The van der Waals surface area contributed by atoms with Crippen LogP contribution >= 0.6 is 0 Å². The topological polar surface area (TPSA) is 35.5 Å². The molecule has 3 nitrogen and oxygen atoms in total. The summed E-state index contributed by atoms with van der Waals surface area (Å²) in [6, 6.07) is 2.74. The summed E-state index contributed by atoms with van der Waals surface area (Å²) in [5, 5.41) is 12.3. The average molecular weight is 270 g/mol. The molecule has 1 saturated heterocycles. The largest absolute Gasteiger partial charge is 0.503 e. The van der Waals surface area contributed by atoms with E-state index in [1.807, 2.05) is 0 Å². The lowest BCUT2D eigenvalue weighted by atomic mass is 10.0. The quantitative estimate of drug-likeness (QED) is 0.881. The maximum Gasteiger partial charge on any atom is 0.187 e. The molecule has 1 fully saturated rings. The minimum absolute atomic E-state index is 0.391. The zero-order valence-electron chi connectivity index (χ0n) is 11.1. The number of aromatic hydroxyl groups is 1. The first-order valence-corrected chi connectivity index (χ1v) is 6.72. The zero-order valence-corrected chi connectivity index (χ0v) is 11.1. The minimum Gasteiger partial charge on any atom is -0.503 e. The van der Waals surface area contributed by atoms with E-state index < -0.39 is 17.4 Å². The third-order valence-electron chi connectivity index (χ3n) is 3.71. The lowest BCUT2D eigenvalue weighted by Crippen LogP contribution is -2.42. The highest BCUT2D eigenvalue weighted by atomic mass is 19.1. The van der Waals surface area contributed by atoms with Gasteiger partial charge in [-0.15, -0.1) is 0 Å². The minimum atomic E-state index is -0.905. The number of piperidine rings is 1. The summed E-state index contributed by atoms with van der Waals surface area (Å²) in [6.07, 6.45) is 2.10. The summed E-state index contributed by atoms with van der Waals surface area (Å²) in [7, 11) is 0. The number of phenols is 1. The predicted octanol–water partition coefficient (Wildman–Crippen LogP) is 2.24. The van der Waals surface area contributed by atoms with Gasteiger partial charge in [0.25, 0.3) is 0 Å². The van der Waals surface area contributed by atoms with E-state index >= 15 is 0 Å². The van der Waals surface area contributed by atoms with Crippen LogP contribution in [0.3, 0.4) is 0 Å². The maximum absolute atomic E-state index is 13.2. The molecule has 2 rings (SSSR count). The molecular weight excluding hydrogens is 250 g/mol. The molecular formula is C14H20F2N2O. The second kappa shape index (κ2) is 6.30. The van der Waals surface area contributed by atoms with Crippen molar-refractivity contribution in [3.8, 4) is 5.75 Å². The molecule has 2 N–H and O–H groups in total. The first-order valence-electron chi connectivity index (χ1n) is 6.72. The van der Waals surface area contributed by atoms with Gasteiger partial charge in [0.15, 0.2) is 17.4 Å².